The van der Waals surface area contributed by atoms with Crippen molar-refractivity contribution in [1.82, 2.24) is 9.47 Å². The number of amides is 1. The van der Waals surface area contributed by atoms with E-state index in [0.717, 1.165) is 48.5 Å². The van der Waals surface area contributed by atoms with Crippen molar-refractivity contribution in [1.29, 1.82) is 0 Å². The molecule has 1 aromatic heterocycles. The monoisotopic (exact) mass is 386 g/mol. The fourth-order valence-corrected chi connectivity index (χ4v) is 3.59. The second-order valence-electron chi connectivity index (χ2n) is 7.01. The number of aromatic nitrogens is 1. The lowest BCUT2D eigenvalue weighted by atomic mass is 9.97. The predicted octanol–water partition coefficient (Wildman–Crippen LogP) is 5.92. The predicted molar refractivity (Wildman–Crippen MR) is 114 cm³/mol. The quantitative estimate of drug-likeness (QED) is 0.440. The maximum atomic E-state index is 13.1. The van der Waals surface area contributed by atoms with Crippen LogP contribution in [0.15, 0.2) is 55.3 Å². The van der Waals surface area contributed by atoms with Gasteiger partial charge in [-0.15, -0.1) is 6.58 Å². The minimum absolute atomic E-state index is 0.0984. The van der Waals surface area contributed by atoms with Crippen LogP contribution in [0, 0.1) is 5.92 Å². The smallest absolute Gasteiger partial charge is 0.226 e. The van der Waals surface area contributed by atoms with Crippen molar-refractivity contribution < 1.29 is 4.79 Å². The molecule has 0 aliphatic heterocycles. The Morgan fingerprint density at radius 2 is 2.11 bits per heavy atom. The number of nitrogens with zero attached hydrogens (tertiary/aromatic N) is 2. The van der Waals surface area contributed by atoms with Crippen LogP contribution < -0.4 is 0 Å². The molecule has 1 aromatic carbocycles. The Balaban J connectivity index is 2.13. The third-order valence-electron chi connectivity index (χ3n) is 4.93. The van der Waals surface area contributed by atoms with Gasteiger partial charge < -0.3 is 9.47 Å². The summed E-state index contributed by atoms with van der Waals surface area (Å²) < 4.78 is 2.18. The number of hydrogen-bond acceptors (Lipinski definition) is 1. The Morgan fingerprint density at radius 1 is 1.30 bits per heavy atom. The number of carbonyl (C=O) groups is 1. The molecule has 0 bridgehead atoms. The molecule has 3 nitrogen and oxygen atoms in total. The van der Waals surface area contributed by atoms with Gasteiger partial charge in [0.05, 0.1) is 6.54 Å². The van der Waals surface area contributed by atoms with E-state index >= 15 is 0 Å². The van der Waals surface area contributed by atoms with Gasteiger partial charge in [0.25, 0.3) is 0 Å². The van der Waals surface area contributed by atoms with E-state index < -0.39 is 0 Å². The van der Waals surface area contributed by atoms with Crippen LogP contribution >= 0.6 is 11.6 Å². The summed E-state index contributed by atoms with van der Waals surface area (Å²) >= 11 is 6.11. The van der Waals surface area contributed by atoms with E-state index in [2.05, 4.69) is 43.3 Å². The fraction of sp³-hybridized carbons (Fsp3) is 0.435. The lowest BCUT2D eigenvalue weighted by Crippen LogP contribution is -2.36. The minimum Gasteiger partial charge on any atom is -0.345 e. The third-order valence-corrected chi connectivity index (χ3v) is 5.16. The Morgan fingerprint density at radius 3 is 2.78 bits per heavy atom. The largest absolute Gasteiger partial charge is 0.345 e. The zero-order chi connectivity index (χ0) is 19.6. The molecule has 1 amide bonds. The maximum absolute atomic E-state index is 13.1. The normalized spacial score (nSPS) is 12.0. The van der Waals surface area contributed by atoms with E-state index in [1.54, 1.807) is 0 Å². The van der Waals surface area contributed by atoms with Gasteiger partial charge in [-0.3, -0.25) is 4.79 Å². The standard InChI is InChI=1S/C23H31ClN2O/c1-4-7-11-20(6-3)23(27)26(14-5-2)18-22-13-9-15-25(22)17-19-10-8-12-21(24)16-19/h5,8-10,12-13,15-16,20H,2,4,6-7,11,14,17-18H2,1,3H3/t20-/m0/s1. The summed E-state index contributed by atoms with van der Waals surface area (Å²) in [5.74, 6) is 0.336. The molecule has 2 rings (SSSR count). The highest BCUT2D eigenvalue weighted by Crippen LogP contribution is 2.19. The Labute approximate surface area is 168 Å². The van der Waals surface area contributed by atoms with Crippen LogP contribution in [0.25, 0.3) is 0 Å². The second kappa shape index (κ2) is 11.0. The van der Waals surface area contributed by atoms with Crippen molar-refractivity contribution in [2.45, 2.75) is 52.6 Å². The van der Waals surface area contributed by atoms with Crippen LogP contribution in [-0.4, -0.2) is 21.9 Å². The first-order valence-corrected chi connectivity index (χ1v) is 10.2. The first kappa shape index (κ1) is 21.3. The highest BCUT2D eigenvalue weighted by molar-refractivity contribution is 6.30. The Hall–Kier alpha value is -2.00. The molecular formula is C23H31ClN2O. The number of hydrogen-bond donors (Lipinski definition) is 0. The molecule has 0 aliphatic rings. The summed E-state index contributed by atoms with van der Waals surface area (Å²) in [5, 5.41) is 0.742. The number of rotatable bonds is 11. The van der Waals surface area contributed by atoms with Crippen LogP contribution in [-0.2, 0) is 17.9 Å². The van der Waals surface area contributed by atoms with Crippen molar-refractivity contribution in [2.24, 2.45) is 5.92 Å². The summed E-state index contributed by atoms with van der Waals surface area (Å²) in [5.41, 5.74) is 2.27. The summed E-state index contributed by atoms with van der Waals surface area (Å²) in [4.78, 5) is 15.0. The lowest BCUT2D eigenvalue weighted by Gasteiger charge is -2.26. The van der Waals surface area contributed by atoms with Gasteiger partial charge in [-0.1, -0.05) is 56.5 Å². The van der Waals surface area contributed by atoms with Gasteiger partial charge in [-0.2, -0.15) is 0 Å². The Kier molecular flexibility index (Phi) is 8.66. The molecule has 0 aliphatic carbocycles. The first-order valence-electron chi connectivity index (χ1n) is 9.87. The summed E-state index contributed by atoms with van der Waals surface area (Å²) in [7, 11) is 0. The van der Waals surface area contributed by atoms with Gasteiger partial charge in [0.2, 0.25) is 5.91 Å². The van der Waals surface area contributed by atoms with E-state index in [1.165, 1.54) is 0 Å². The third kappa shape index (κ3) is 6.28. The van der Waals surface area contributed by atoms with Gasteiger partial charge in [0.1, 0.15) is 0 Å². The molecular weight excluding hydrogens is 356 g/mol. The average Bonchev–Trinajstić information content (AvgIpc) is 3.08. The molecule has 0 fully saturated rings. The maximum Gasteiger partial charge on any atom is 0.226 e. The molecule has 0 saturated heterocycles. The summed E-state index contributed by atoms with van der Waals surface area (Å²) in [6.45, 7) is 10.0. The van der Waals surface area contributed by atoms with E-state index in [9.17, 15) is 4.79 Å². The van der Waals surface area contributed by atoms with Crippen LogP contribution in [0.1, 0.15) is 50.8 Å². The highest BCUT2D eigenvalue weighted by Gasteiger charge is 2.22. The minimum atomic E-state index is 0.0984. The number of unbranched alkanes of at least 4 members (excludes halogenated alkanes) is 1. The number of carbonyl (C=O) groups excluding carboxylic acids is 1. The molecule has 0 unspecified atom stereocenters. The molecule has 27 heavy (non-hydrogen) atoms. The zero-order valence-corrected chi connectivity index (χ0v) is 17.3. The fourth-order valence-electron chi connectivity index (χ4n) is 3.37. The number of benzene rings is 1. The van der Waals surface area contributed by atoms with E-state index in [1.807, 2.05) is 35.2 Å². The highest BCUT2D eigenvalue weighted by atomic mass is 35.5. The topological polar surface area (TPSA) is 25.2 Å². The molecule has 2 aromatic rings. The van der Waals surface area contributed by atoms with Crippen LogP contribution in [0.5, 0.6) is 0 Å². The molecule has 4 heteroatoms. The van der Waals surface area contributed by atoms with Gasteiger partial charge >= 0.3 is 0 Å². The lowest BCUT2D eigenvalue weighted by molar-refractivity contribution is -0.136. The van der Waals surface area contributed by atoms with Crippen molar-refractivity contribution in [2.75, 3.05) is 6.54 Å². The Bertz CT molecular complexity index is 737. The van der Waals surface area contributed by atoms with E-state index in [4.69, 9.17) is 11.6 Å². The van der Waals surface area contributed by atoms with E-state index in [0.29, 0.717) is 13.1 Å². The average molecular weight is 387 g/mol. The summed E-state index contributed by atoms with van der Waals surface area (Å²) in [6.07, 6.45) is 7.93. The van der Waals surface area contributed by atoms with Crippen molar-refractivity contribution >= 4 is 17.5 Å². The van der Waals surface area contributed by atoms with Crippen LogP contribution in [0.3, 0.4) is 0 Å². The van der Waals surface area contributed by atoms with Crippen LogP contribution in [0.4, 0.5) is 0 Å². The zero-order valence-electron chi connectivity index (χ0n) is 16.5. The molecule has 1 atom stereocenters. The van der Waals surface area contributed by atoms with Crippen LogP contribution in [0.2, 0.25) is 5.02 Å². The van der Waals surface area contributed by atoms with Gasteiger partial charge in [-0.25, -0.2) is 0 Å². The summed E-state index contributed by atoms with van der Waals surface area (Å²) in [6, 6.07) is 12.0. The molecule has 146 valence electrons. The van der Waals surface area contributed by atoms with Crippen molar-refractivity contribution in [3.63, 3.8) is 0 Å². The molecule has 0 saturated carbocycles. The van der Waals surface area contributed by atoms with Crippen molar-refractivity contribution in [3.05, 3.63) is 71.5 Å². The molecule has 0 N–H and O–H groups in total. The first-order chi connectivity index (χ1) is 13.1. The van der Waals surface area contributed by atoms with Gasteiger partial charge in [0, 0.05) is 35.9 Å². The van der Waals surface area contributed by atoms with Gasteiger partial charge in [-0.05, 0) is 42.7 Å². The molecule has 0 radical (unpaired) electrons. The molecule has 0 spiro atoms. The van der Waals surface area contributed by atoms with E-state index in [-0.39, 0.29) is 11.8 Å². The van der Waals surface area contributed by atoms with Gasteiger partial charge in [0.15, 0.2) is 0 Å². The molecule has 1 heterocycles. The van der Waals surface area contributed by atoms with Crippen molar-refractivity contribution in [3.8, 4) is 0 Å². The number of halogens is 1. The second-order valence-corrected chi connectivity index (χ2v) is 7.45. The SMILES string of the molecule is C=CCN(Cc1cccn1Cc1cccc(Cl)c1)C(=O)[C@@H](CC)CCCC.